The van der Waals surface area contributed by atoms with E-state index in [1.54, 1.807) is 18.4 Å². The molecule has 0 spiro atoms. The van der Waals surface area contributed by atoms with Crippen LogP contribution in [0.5, 0.6) is 0 Å². The first-order chi connectivity index (χ1) is 15.2. The van der Waals surface area contributed by atoms with E-state index in [9.17, 15) is 23.6 Å². The molecule has 3 aromatic rings. The Balaban J connectivity index is 1.91. The quantitative estimate of drug-likeness (QED) is 0.529. The fraction of sp³-hybridized carbons (Fsp3) is 0.333. The van der Waals surface area contributed by atoms with Crippen LogP contribution in [0.1, 0.15) is 31.5 Å². The molecule has 1 unspecified atom stereocenters. The summed E-state index contributed by atoms with van der Waals surface area (Å²) in [6.45, 7) is 2.13. The summed E-state index contributed by atoms with van der Waals surface area (Å²) in [4.78, 5) is 49.0. The van der Waals surface area contributed by atoms with Crippen molar-refractivity contribution in [2.75, 3.05) is 6.67 Å². The number of Topliss-reactive ketones (excluding diaryl/α,β-unsaturated/α-hetero) is 1. The van der Waals surface area contributed by atoms with Crippen molar-refractivity contribution in [2.45, 2.75) is 32.7 Å². The van der Waals surface area contributed by atoms with Crippen molar-refractivity contribution in [3.63, 3.8) is 0 Å². The van der Waals surface area contributed by atoms with Gasteiger partial charge >= 0.3 is 5.97 Å². The number of carbonyl (C=O) groups is 4. The topological polar surface area (TPSA) is 105 Å². The smallest absolute Gasteiger partial charge is 0.305 e. The van der Waals surface area contributed by atoms with E-state index in [2.05, 4.69) is 5.32 Å². The molecule has 0 saturated heterocycles. The highest BCUT2D eigenvalue weighted by molar-refractivity contribution is 6.13. The standard InChI is InChI=1S/C24H25FN2O5/c1-14(2)17(24(32)26-18(12-23(30)31)21(28)13-25)11-22(29)27-19-9-5-3-7-15(19)16-8-4-6-10-20(16)27/h3-10,14,17-18H,11-13H2,1-2H3,(H,26,32)(H,30,31)/t17-,18?/m0/s1. The number of aliphatic carboxylic acids is 1. The number of benzene rings is 2. The molecule has 7 nitrogen and oxygen atoms in total. The van der Waals surface area contributed by atoms with Gasteiger partial charge in [0.1, 0.15) is 12.7 Å². The first-order valence-corrected chi connectivity index (χ1v) is 10.4. The Morgan fingerprint density at radius 3 is 1.94 bits per heavy atom. The molecule has 3 rings (SSSR count). The van der Waals surface area contributed by atoms with E-state index in [0.717, 1.165) is 21.8 Å². The minimum absolute atomic E-state index is 0.157. The minimum Gasteiger partial charge on any atom is -0.481 e. The van der Waals surface area contributed by atoms with Gasteiger partial charge in [-0.15, -0.1) is 0 Å². The summed E-state index contributed by atoms with van der Waals surface area (Å²) in [6.07, 6.45) is -0.879. The first kappa shape index (κ1) is 23.1. The van der Waals surface area contributed by atoms with Gasteiger partial charge in [-0.2, -0.15) is 0 Å². The summed E-state index contributed by atoms with van der Waals surface area (Å²) in [7, 11) is 0. The molecule has 32 heavy (non-hydrogen) atoms. The number of hydrogen-bond donors (Lipinski definition) is 2. The molecule has 1 aromatic heterocycles. The first-order valence-electron chi connectivity index (χ1n) is 10.4. The molecular formula is C24H25FN2O5. The number of fused-ring (bicyclic) bond motifs is 3. The molecule has 0 radical (unpaired) electrons. The van der Waals surface area contributed by atoms with Gasteiger partial charge in [0, 0.05) is 23.1 Å². The average molecular weight is 440 g/mol. The van der Waals surface area contributed by atoms with E-state index in [-0.39, 0.29) is 18.2 Å². The van der Waals surface area contributed by atoms with Crippen molar-refractivity contribution in [3.8, 4) is 0 Å². The van der Waals surface area contributed by atoms with E-state index in [1.807, 2.05) is 48.5 Å². The van der Waals surface area contributed by atoms with E-state index in [0.29, 0.717) is 0 Å². The number of halogens is 1. The maximum atomic E-state index is 13.4. The van der Waals surface area contributed by atoms with Crippen LogP contribution in [0, 0.1) is 11.8 Å². The lowest BCUT2D eigenvalue weighted by molar-refractivity contribution is -0.140. The average Bonchev–Trinajstić information content (AvgIpc) is 3.10. The second-order valence-electron chi connectivity index (χ2n) is 8.08. The monoisotopic (exact) mass is 440 g/mol. The normalized spacial score (nSPS) is 13.2. The van der Waals surface area contributed by atoms with Gasteiger partial charge < -0.3 is 10.4 Å². The molecule has 2 N–H and O–H groups in total. The number of nitrogens with one attached hydrogen (secondary N) is 1. The van der Waals surface area contributed by atoms with E-state index in [4.69, 9.17) is 5.11 Å². The number of para-hydroxylation sites is 2. The number of carbonyl (C=O) groups excluding carboxylic acids is 3. The summed E-state index contributed by atoms with van der Waals surface area (Å²) < 4.78 is 14.4. The molecular weight excluding hydrogens is 415 g/mol. The third-order valence-electron chi connectivity index (χ3n) is 5.58. The Labute approximate surface area is 184 Å². The van der Waals surface area contributed by atoms with Crippen LogP contribution in [0.3, 0.4) is 0 Å². The molecule has 0 aliphatic carbocycles. The van der Waals surface area contributed by atoms with Gasteiger partial charge in [0.2, 0.25) is 11.8 Å². The lowest BCUT2D eigenvalue weighted by Crippen LogP contribution is -2.47. The second kappa shape index (κ2) is 9.72. The zero-order valence-corrected chi connectivity index (χ0v) is 17.9. The van der Waals surface area contributed by atoms with Crippen LogP contribution in [0.15, 0.2) is 48.5 Å². The number of carboxylic acids is 1. The van der Waals surface area contributed by atoms with E-state index >= 15 is 0 Å². The van der Waals surface area contributed by atoms with Gasteiger partial charge in [-0.1, -0.05) is 50.2 Å². The van der Waals surface area contributed by atoms with Crippen molar-refractivity contribution >= 4 is 45.4 Å². The van der Waals surface area contributed by atoms with E-state index in [1.165, 1.54) is 0 Å². The van der Waals surface area contributed by atoms with Crippen LogP contribution < -0.4 is 5.32 Å². The molecule has 8 heteroatoms. The maximum Gasteiger partial charge on any atom is 0.305 e. The molecule has 1 heterocycles. The fourth-order valence-electron chi connectivity index (χ4n) is 3.89. The van der Waals surface area contributed by atoms with Crippen molar-refractivity contribution < 1.29 is 28.7 Å². The number of aromatic nitrogens is 1. The second-order valence-corrected chi connectivity index (χ2v) is 8.08. The highest BCUT2D eigenvalue weighted by Gasteiger charge is 2.31. The Morgan fingerprint density at radius 1 is 0.938 bits per heavy atom. The molecule has 0 saturated carbocycles. The number of hydrogen-bond acceptors (Lipinski definition) is 4. The highest BCUT2D eigenvalue weighted by atomic mass is 19.1. The number of nitrogens with zero attached hydrogens (tertiary/aromatic N) is 1. The summed E-state index contributed by atoms with van der Waals surface area (Å²) >= 11 is 0. The summed E-state index contributed by atoms with van der Waals surface area (Å²) in [6, 6.07) is 13.5. The van der Waals surface area contributed by atoms with Gasteiger partial charge in [-0.3, -0.25) is 23.7 Å². The molecule has 2 atom stereocenters. The Bertz CT molecular complexity index is 1130. The van der Waals surface area contributed by atoms with Crippen LogP contribution in [0.2, 0.25) is 0 Å². The third kappa shape index (κ3) is 4.69. The van der Waals surface area contributed by atoms with Gasteiger partial charge in [-0.05, 0) is 18.1 Å². The Kier molecular flexibility index (Phi) is 7.02. The van der Waals surface area contributed by atoms with Crippen LogP contribution in [-0.2, 0) is 14.4 Å². The van der Waals surface area contributed by atoms with E-state index < -0.39 is 42.7 Å². The lowest BCUT2D eigenvalue weighted by atomic mass is 9.90. The summed E-state index contributed by atoms with van der Waals surface area (Å²) in [5.41, 5.74) is 1.44. The largest absolute Gasteiger partial charge is 0.481 e. The minimum atomic E-state index is -1.48. The van der Waals surface area contributed by atoms with Crippen LogP contribution >= 0.6 is 0 Å². The van der Waals surface area contributed by atoms with Crippen LogP contribution in [0.25, 0.3) is 21.8 Å². The molecule has 0 aliphatic heterocycles. The van der Waals surface area contributed by atoms with Gasteiger partial charge in [0.25, 0.3) is 0 Å². The Hall–Kier alpha value is -3.55. The van der Waals surface area contributed by atoms with Crippen LogP contribution in [-0.4, -0.2) is 46.0 Å². The maximum absolute atomic E-state index is 13.4. The molecule has 1 amide bonds. The lowest BCUT2D eigenvalue weighted by Gasteiger charge is -2.23. The predicted octanol–water partition coefficient (Wildman–Crippen LogP) is 3.60. The molecule has 0 aliphatic rings. The summed E-state index contributed by atoms with van der Waals surface area (Å²) in [5.74, 6) is -4.41. The number of alkyl halides is 1. The van der Waals surface area contributed by atoms with Gasteiger partial charge in [0.15, 0.2) is 5.78 Å². The number of rotatable bonds is 9. The van der Waals surface area contributed by atoms with Crippen molar-refractivity contribution in [2.24, 2.45) is 11.8 Å². The number of carboxylic acid groups (broad SMARTS) is 1. The van der Waals surface area contributed by atoms with Crippen LogP contribution in [0.4, 0.5) is 4.39 Å². The zero-order valence-electron chi connectivity index (χ0n) is 17.9. The number of amides is 1. The van der Waals surface area contributed by atoms with Gasteiger partial charge in [-0.25, -0.2) is 4.39 Å². The predicted molar refractivity (Wildman–Crippen MR) is 118 cm³/mol. The van der Waals surface area contributed by atoms with Gasteiger partial charge in [0.05, 0.1) is 17.5 Å². The third-order valence-corrected chi connectivity index (χ3v) is 5.58. The number of ketones is 1. The Morgan fingerprint density at radius 2 is 1.47 bits per heavy atom. The molecule has 0 bridgehead atoms. The SMILES string of the molecule is CC(C)[C@H](CC(=O)n1c2ccccc2c2ccccc21)C(=O)NC(CC(=O)O)C(=O)CF. The van der Waals surface area contributed by atoms with Crippen molar-refractivity contribution in [1.82, 2.24) is 9.88 Å². The van der Waals surface area contributed by atoms with Crippen molar-refractivity contribution in [3.05, 3.63) is 48.5 Å². The summed E-state index contributed by atoms with van der Waals surface area (Å²) in [5, 5.41) is 13.1. The molecule has 0 fully saturated rings. The fourth-order valence-corrected chi connectivity index (χ4v) is 3.89. The molecule has 168 valence electrons. The zero-order chi connectivity index (χ0) is 23.4. The van der Waals surface area contributed by atoms with Crippen molar-refractivity contribution in [1.29, 1.82) is 0 Å². The molecule has 2 aromatic carbocycles. The highest BCUT2D eigenvalue weighted by Crippen LogP contribution is 2.30.